The lowest BCUT2D eigenvalue weighted by Crippen LogP contribution is -2.38. The predicted molar refractivity (Wildman–Crippen MR) is 162 cm³/mol. The number of esters is 1. The van der Waals surface area contributed by atoms with Crippen molar-refractivity contribution in [3.63, 3.8) is 0 Å². The molecule has 0 aliphatic carbocycles. The van der Waals surface area contributed by atoms with E-state index < -0.39 is 11.6 Å². The Kier molecular flexibility index (Phi) is 10.2. The van der Waals surface area contributed by atoms with Gasteiger partial charge in [0, 0.05) is 38.0 Å². The van der Waals surface area contributed by atoms with E-state index in [9.17, 15) is 9.18 Å². The van der Waals surface area contributed by atoms with E-state index in [2.05, 4.69) is 29.3 Å². The number of carbonyl (C=O) groups excluding carboxylic acids is 1. The van der Waals surface area contributed by atoms with E-state index >= 15 is 0 Å². The van der Waals surface area contributed by atoms with Crippen LogP contribution in [0.3, 0.4) is 0 Å². The fourth-order valence-electron chi connectivity index (χ4n) is 6.35. The summed E-state index contributed by atoms with van der Waals surface area (Å²) < 4.78 is 32.9. The molecule has 0 saturated carbocycles. The number of nitrogens with one attached hydrogen (secondary N) is 1. The van der Waals surface area contributed by atoms with E-state index in [4.69, 9.17) is 19.2 Å². The van der Waals surface area contributed by atoms with Crippen LogP contribution in [0.25, 0.3) is 0 Å². The maximum absolute atomic E-state index is 14.7. The minimum atomic E-state index is -0.708. The Labute approximate surface area is 250 Å². The summed E-state index contributed by atoms with van der Waals surface area (Å²) in [7, 11) is 0. The minimum Gasteiger partial charge on any atom is -0.459 e. The van der Waals surface area contributed by atoms with Crippen molar-refractivity contribution in [1.29, 1.82) is 0 Å². The van der Waals surface area contributed by atoms with Gasteiger partial charge in [-0.25, -0.2) is 14.2 Å². The largest absolute Gasteiger partial charge is 0.459 e. The number of unbranched alkanes of at least 4 members (excludes halogenated alkanes) is 1. The van der Waals surface area contributed by atoms with Crippen LogP contribution >= 0.6 is 0 Å². The number of nitrogens with zero attached hydrogens (tertiary/aromatic N) is 2. The van der Waals surface area contributed by atoms with Gasteiger partial charge in [0.2, 0.25) is 0 Å². The van der Waals surface area contributed by atoms with Crippen LogP contribution in [0.1, 0.15) is 107 Å². The zero-order valence-corrected chi connectivity index (χ0v) is 25.8. The number of likely N-dealkylation sites (tertiary alicyclic amines) is 1. The fraction of sp³-hybridized carbons (Fsp3) is 0.647. The monoisotopic (exact) mass is 581 g/mol. The Balaban J connectivity index is 1.19. The molecular formula is C34H48FN3O4. The van der Waals surface area contributed by atoms with E-state index in [0.717, 1.165) is 74.9 Å². The van der Waals surface area contributed by atoms with Gasteiger partial charge in [0.1, 0.15) is 23.3 Å². The minimum absolute atomic E-state index is 0.0189. The van der Waals surface area contributed by atoms with E-state index in [1.54, 1.807) is 6.07 Å². The van der Waals surface area contributed by atoms with Crippen molar-refractivity contribution >= 4 is 11.8 Å². The highest BCUT2D eigenvalue weighted by molar-refractivity contribution is 5.79. The van der Waals surface area contributed by atoms with Crippen LogP contribution in [0.4, 0.5) is 10.2 Å². The molecule has 8 heteroatoms. The van der Waals surface area contributed by atoms with Gasteiger partial charge < -0.3 is 19.5 Å². The number of pyridine rings is 1. The van der Waals surface area contributed by atoms with Crippen LogP contribution in [-0.4, -0.2) is 59.9 Å². The summed E-state index contributed by atoms with van der Waals surface area (Å²) in [5.74, 6) is 0.334. The Hall–Kier alpha value is -2.55. The molecule has 2 saturated heterocycles. The predicted octanol–water partition coefficient (Wildman–Crippen LogP) is 6.71. The molecule has 4 heterocycles. The Morgan fingerprint density at radius 3 is 2.81 bits per heavy atom. The molecule has 1 aromatic carbocycles. The van der Waals surface area contributed by atoms with Crippen LogP contribution in [0.5, 0.6) is 0 Å². The molecule has 1 N–H and O–H groups in total. The standard InChI is InChI=1S/C34H48FN3O4/c1-23-11-12-24-13-15-26(37-32(24)36-23)9-5-7-19-40-27-17-18-38(22-27)31(33(39)42-34(2,3)4)29-21-25(35)14-16-28(29)30-10-6-8-20-41-30/h13-16,21,23,27,30-31H,5-12,17-20,22H2,1-4H3,(H,36,37)/t23?,27-,30+,31?/m1/s1. The lowest BCUT2D eigenvalue weighted by molar-refractivity contribution is -0.161. The Morgan fingerprint density at radius 2 is 2.02 bits per heavy atom. The molecule has 2 fully saturated rings. The highest BCUT2D eigenvalue weighted by Gasteiger charge is 2.39. The smallest absolute Gasteiger partial charge is 0.328 e. The van der Waals surface area contributed by atoms with E-state index in [1.807, 2.05) is 20.8 Å². The maximum Gasteiger partial charge on any atom is 0.328 e. The number of carbonyl (C=O) groups is 1. The first kappa shape index (κ1) is 30.9. The molecule has 7 nitrogen and oxygen atoms in total. The molecule has 0 radical (unpaired) electrons. The maximum atomic E-state index is 14.7. The van der Waals surface area contributed by atoms with Crippen LogP contribution in [0, 0.1) is 5.82 Å². The van der Waals surface area contributed by atoms with Crippen molar-refractivity contribution in [2.75, 3.05) is 31.6 Å². The zero-order chi connectivity index (χ0) is 29.7. The van der Waals surface area contributed by atoms with E-state index in [-0.39, 0.29) is 24.0 Å². The molecule has 230 valence electrons. The summed E-state index contributed by atoms with van der Waals surface area (Å²) in [6.07, 6.45) is 8.76. The van der Waals surface area contributed by atoms with E-state index in [1.165, 1.54) is 17.7 Å². The first-order valence-corrected chi connectivity index (χ1v) is 15.9. The van der Waals surface area contributed by atoms with Crippen molar-refractivity contribution in [3.8, 4) is 0 Å². The highest BCUT2D eigenvalue weighted by Crippen LogP contribution is 2.38. The topological polar surface area (TPSA) is 72.9 Å². The van der Waals surface area contributed by atoms with Gasteiger partial charge in [-0.1, -0.05) is 12.1 Å². The molecule has 0 spiro atoms. The second-order valence-electron chi connectivity index (χ2n) is 13.2. The van der Waals surface area contributed by atoms with Crippen LogP contribution < -0.4 is 5.32 Å². The molecule has 2 unspecified atom stereocenters. The van der Waals surface area contributed by atoms with Gasteiger partial charge in [0.05, 0.1) is 12.2 Å². The van der Waals surface area contributed by atoms with Crippen molar-refractivity contribution in [2.24, 2.45) is 0 Å². The number of hydrogen-bond donors (Lipinski definition) is 1. The molecule has 0 amide bonds. The van der Waals surface area contributed by atoms with E-state index in [0.29, 0.717) is 37.9 Å². The molecule has 3 aliphatic rings. The van der Waals surface area contributed by atoms with Crippen LogP contribution in [-0.2, 0) is 31.8 Å². The summed E-state index contributed by atoms with van der Waals surface area (Å²) in [6.45, 7) is 10.4. The van der Waals surface area contributed by atoms with Gasteiger partial charge in [-0.15, -0.1) is 0 Å². The van der Waals surface area contributed by atoms with Crippen LogP contribution in [0.15, 0.2) is 30.3 Å². The molecule has 2 aromatic rings. The Bertz CT molecular complexity index is 1210. The van der Waals surface area contributed by atoms with Gasteiger partial charge in [0.25, 0.3) is 0 Å². The third-order valence-electron chi connectivity index (χ3n) is 8.49. The number of fused-ring (bicyclic) bond motifs is 1. The summed E-state index contributed by atoms with van der Waals surface area (Å²) in [5.41, 5.74) is 3.32. The average Bonchev–Trinajstić information content (AvgIpc) is 3.40. The molecule has 1 aromatic heterocycles. The summed E-state index contributed by atoms with van der Waals surface area (Å²) in [5, 5.41) is 3.51. The number of anilines is 1. The van der Waals surface area contributed by atoms with Gasteiger partial charge in [0.15, 0.2) is 0 Å². The first-order chi connectivity index (χ1) is 20.2. The molecule has 3 aliphatic heterocycles. The van der Waals surface area contributed by atoms with Crippen molar-refractivity contribution in [1.82, 2.24) is 9.88 Å². The molecule has 5 rings (SSSR count). The summed E-state index contributed by atoms with van der Waals surface area (Å²) in [6, 6.07) is 8.89. The van der Waals surface area contributed by atoms with Gasteiger partial charge >= 0.3 is 5.97 Å². The molecule has 4 atom stereocenters. The van der Waals surface area contributed by atoms with Crippen molar-refractivity contribution < 1.29 is 23.4 Å². The third-order valence-corrected chi connectivity index (χ3v) is 8.49. The second kappa shape index (κ2) is 13.8. The van der Waals surface area contributed by atoms with Crippen molar-refractivity contribution in [2.45, 2.75) is 115 Å². The number of halogens is 1. The number of aryl methyl sites for hydroxylation is 2. The number of ether oxygens (including phenoxy) is 3. The van der Waals surface area contributed by atoms with Gasteiger partial charge in [-0.05, 0) is 120 Å². The van der Waals surface area contributed by atoms with Crippen molar-refractivity contribution in [3.05, 3.63) is 58.5 Å². The molecule has 42 heavy (non-hydrogen) atoms. The molecule has 0 bridgehead atoms. The van der Waals surface area contributed by atoms with Gasteiger partial charge in [-0.2, -0.15) is 0 Å². The summed E-state index contributed by atoms with van der Waals surface area (Å²) in [4.78, 5) is 20.6. The SMILES string of the molecule is CC1CCc2ccc(CCCCO[C@@H]3CCN(C(C(=O)OC(C)(C)C)c4cc(F)ccc4[C@@H]4CCCCO4)C3)nc2N1. The summed E-state index contributed by atoms with van der Waals surface area (Å²) >= 11 is 0. The lowest BCUT2D eigenvalue weighted by atomic mass is 9.92. The normalized spacial score (nSPS) is 23.7. The highest BCUT2D eigenvalue weighted by atomic mass is 19.1. The zero-order valence-electron chi connectivity index (χ0n) is 25.8. The molecular weight excluding hydrogens is 533 g/mol. The lowest BCUT2D eigenvalue weighted by Gasteiger charge is -2.33. The number of aromatic nitrogens is 1. The van der Waals surface area contributed by atoms with Crippen LogP contribution in [0.2, 0.25) is 0 Å². The number of rotatable bonds is 10. The Morgan fingerprint density at radius 1 is 1.17 bits per heavy atom. The average molecular weight is 582 g/mol. The second-order valence-corrected chi connectivity index (χ2v) is 13.2. The fourth-order valence-corrected chi connectivity index (χ4v) is 6.35. The first-order valence-electron chi connectivity index (χ1n) is 15.9. The van der Waals surface area contributed by atoms with Gasteiger partial charge in [-0.3, -0.25) is 4.90 Å². The number of benzene rings is 1. The third kappa shape index (κ3) is 8.08. The number of hydrogen-bond acceptors (Lipinski definition) is 7. The quantitative estimate of drug-likeness (QED) is 0.247.